The van der Waals surface area contributed by atoms with Crippen LogP contribution in [0.25, 0.3) is 0 Å². The largest absolute Gasteiger partial charge is 0.378 e. The average Bonchev–Trinajstić information content (AvgIpc) is 2.63. The maximum atomic E-state index is 4.35. The van der Waals surface area contributed by atoms with Crippen LogP contribution in [0.4, 0.5) is 28.7 Å². The zero-order chi connectivity index (χ0) is 18.5. The number of anilines is 5. The van der Waals surface area contributed by atoms with E-state index in [1.54, 1.807) is 6.33 Å². The van der Waals surface area contributed by atoms with Gasteiger partial charge in [0.05, 0.1) is 0 Å². The van der Waals surface area contributed by atoms with Crippen LogP contribution in [-0.4, -0.2) is 24.1 Å². The zero-order valence-corrected chi connectivity index (χ0v) is 15.7. The Labute approximate surface area is 155 Å². The smallest absolute Gasteiger partial charge is 0.135 e. The van der Waals surface area contributed by atoms with E-state index in [2.05, 4.69) is 69.7 Å². The second-order valence-electron chi connectivity index (χ2n) is 6.72. The Hall–Kier alpha value is -3.08. The number of para-hydroxylation sites is 1. The number of hydrogen-bond donors (Lipinski definition) is 2. The highest BCUT2D eigenvalue weighted by atomic mass is 15.1. The third-order valence-corrected chi connectivity index (χ3v) is 4.17. The second-order valence-corrected chi connectivity index (χ2v) is 6.72. The van der Waals surface area contributed by atoms with Gasteiger partial charge in [0.2, 0.25) is 0 Å². The summed E-state index contributed by atoms with van der Waals surface area (Å²) in [5.41, 5.74) is 4.48. The van der Waals surface area contributed by atoms with E-state index in [1.165, 1.54) is 5.56 Å². The van der Waals surface area contributed by atoms with E-state index < -0.39 is 0 Å². The minimum absolute atomic E-state index is 0.438. The van der Waals surface area contributed by atoms with Crippen LogP contribution < -0.4 is 15.5 Å². The molecule has 0 aliphatic heterocycles. The molecule has 26 heavy (non-hydrogen) atoms. The standard InChI is InChI=1S/C21H25N5/c1-15(2)18-7-5-6-8-19(18)25-21-13-20(22-14-23-21)24-16-9-11-17(12-10-16)26(3)4/h5-15H,1-4H3,(H2,22,23,24,25). The Morgan fingerprint density at radius 1 is 0.846 bits per heavy atom. The summed E-state index contributed by atoms with van der Waals surface area (Å²) in [7, 11) is 4.06. The number of hydrogen-bond acceptors (Lipinski definition) is 5. The average molecular weight is 347 g/mol. The molecule has 0 amide bonds. The summed E-state index contributed by atoms with van der Waals surface area (Å²) in [6.45, 7) is 4.37. The monoisotopic (exact) mass is 347 g/mol. The van der Waals surface area contributed by atoms with Gasteiger partial charge in [-0.15, -0.1) is 0 Å². The summed E-state index contributed by atoms with van der Waals surface area (Å²) in [5, 5.41) is 6.73. The number of aromatic nitrogens is 2. The lowest BCUT2D eigenvalue weighted by Gasteiger charge is -2.15. The van der Waals surface area contributed by atoms with Gasteiger partial charge in [-0.25, -0.2) is 9.97 Å². The first-order valence-electron chi connectivity index (χ1n) is 8.75. The maximum absolute atomic E-state index is 4.35. The highest BCUT2D eigenvalue weighted by Crippen LogP contribution is 2.27. The summed E-state index contributed by atoms with van der Waals surface area (Å²) in [6, 6.07) is 18.4. The molecule has 3 rings (SSSR count). The second kappa shape index (κ2) is 7.87. The molecule has 0 bridgehead atoms. The van der Waals surface area contributed by atoms with Gasteiger partial charge in [-0.2, -0.15) is 0 Å². The molecule has 134 valence electrons. The minimum Gasteiger partial charge on any atom is -0.378 e. The van der Waals surface area contributed by atoms with Gasteiger partial charge in [-0.05, 0) is 41.8 Å². The van der Waals surface area contributed by atoms with Gasteiger partial charge in [0.25, 0.3) is 0 Å². The first-order valence-corrected chi connectivity index (χ1v) is 8.75. The zero-order valence-electron chi connectivity index (χ0n) is 15.7. The van der Waals surface area contributed by atoms with E-state index in [0.717, 1.165) is 28.7 Å². The van der Waals surface area contributed by atoms with Crippen LogP contribution in [0.15, 0.2) is 60.9 Å². The summed E-state index contributed by atoms with van der Waals surface area (Å²) in [6.07, 6.45) is 1.57. The molecule has 1 aromatic heterocycles. The molecule has 0 atom stereocenters. The summed E-state index contributed by atoms with van der Waals surface area (Å²) >= 11 is 0. The van der Waals surface area contributed by atoms with Crippen molar-refractivity contribution in [2.45, 2.75) is 19.8 Å². The van der Waals surface area contributed by atoms with Crippen LogP contribution in [0.2, 0.25) is 0 Å². The SMILES string of the molecule is CC(C)c1ccccc1Nc1cc(Nc2ccc(N(C)C)cc2)ncn1. The van der Waals surface area contributed by atoms with E-state index in [1.807, 2.05) is 38.4 Å². The fraction of sp³-hybridized carbons (Fsp3) is 0.238. The molecule has 0 radical (unpaired) electrons. The van der Waals surface area contributed by atoms with Crippen LogP contribution in [0.3, 0.4) is 0 Å². The Morgan fingerprint density at radius 2 is 1.50 bits per heavy atom. The van der Waals surface area contributed by atoms with Gasteiger partial charge < -0.3 is 15.5 Å². The van der Waals surface area contributed by atoms with Gasteiger partial charge in [0.1, 0.15) is 18.0 Å². The van der Waals surface area contributed by atoms with Crippen molar-refractivity contribution >= 4 is 28.7 Å². The lowest BCUT2D eigenvalue weighted by molar-refractivity contribution is 0.869. The van der Waals surface area contributed by atoms with E-state index in [-0.39, 0.29) is 0 Å². The Balaban J connectivity index is 1.76. The molecule has 0 aliphatic rings. The normalized spacial score (nSPS) is 10.7. The first-order chi connectivity index (χ1) is 12.5. The third kappa shape index (κ3) is 4.30. The molecule has 2 aromatic carbocycles. The summed E-state index contributed by atoms with van der Waals surface area (Å²) in [5.74, 6) is 1.95. The molecule has 5 nitrogen and oxygen atoms in total. The van der Waals surface area contributed by atoms with Gasteiger partial charge in [0.15, 0.2) is 0 Å². The predicted molar refractivity (Wildman–Crippen MR) is 110 cm³/mol. The van der Waals surface area contributed by atoms with Crippen molar-refractivity contribution in [2.75, 3.05) is 29.6 Å². The molecule has 3 aromatic rings. The molecule has 0 spiro atoms. The molecule has 1 heterocycles. The maximum Gasteiger partial charge on any atom is 0.135 e. The number of nitrogens with one attached hydrogen (secondary N) is 2. The molecule has 0 saturated carbocycles. The number of nitrogens with zero attached hydrogens (tertiary/aromatic N) is 3. The van der Waals surface area contributed by atoms with Crippen LogP contribution in [0, 0.1) is 0 Å². The van der Waals surface area contributed by atoms with Gasteiger partial charge >= 0.3 is 0 Å². The fourth-order valence-electron chi connectivity index (χ4n) is 2.74. The van der Waals surface area contributed by atoms with Crippen molar-refractivity contribution in [1.29, 1.82) is 0 Å². The molecule has 5 heteroatoms. The van der Waals surface area contributed by atoms with Crippen LogP contribution in [-0.2, 0) is 0 Å². The quantitative estimate of drug-likeness (QED) is 0.645. The summed E-state index contributed by atoms with van der Waals surface area (Å²) in [4.78, 5) is 10.7. The van der Waals surface area contributed by atoms with E-state index in [4.69, 9.17) is 0 Å². The van der Waals surface area contributed by atoms with Crippen molar-refractivity contribution < 1.29 is 0 Å². The third-order valence-electron chi connectivity index (χ3n) is 4.17. The fourth-order valence-corrected chi connectivity index (χ4v) is 2.74. The van der Waals surface area contributed by atoms with Crippen LogP contribution in [0.1, 0.15) is 25.3 Å². The molecule has 0 saturated heterocycles. The van der Waals surface area contributed by atoms with E-state index in [0.29, 0.717) is 5.92 Å². The van der Waals surface area contributed by atoms with E-state index in [9.17, 15) is 0 Å². The first kappa shape index (κ1) is 17.7. The van der Waals surface area contributed by atoms with Crippen molar-refractivity contribution in [3.63, 3.8) is 0 Å². The van der Waals surface area contributed by atoms with Gasteiger partial charge in [0, 0.05) is 37.2 Å². The van der Waals surface area contributed by atoms with E-state index >= 15 is 0 Å². The topological polar surface area (TPSA) is 53.1 Å². The van der Waals surface area contributed by atoms with Crippen molar-refractivity contribution in [3.05, 3.63) is 66.5 Å². The molecular weight excluding hydrogens is 322 g/mol. The molecule has 0 unspecified atom stereocenters. The Bertz CT molecular complexity index is 856. The molecular formula is C21H25N5. The highest BCUT2D eigenvalue weighted by molar-refractivity contribution is 5.66. The Kier molecular flexibility index (Phi) is 5.37. The Morgan fingerprint density at radius 3 is 2.15 bits per heavy atom. The predicted octanol–water partition coefficient (Wildman–Crippen LogP) is 5.15. The van der Waals surface area contributed by atoms with Crippen molar-refractivity contribution in [2.24, 2.45) is 0 Å². The molecule has 0 aliphatic carbocycles. The number of benzene rings is 2. The van der Waals surface area contributed by atoms with Crippen LogP contribution >= 0.6 is 0 Å². The molecule has 2 N–H and O–H groups in total. The number of rotatable bonds is 6. The highest BCUT2D eigenvalue weighted by Gasteiger charge is 2.07. The van der Waals surface area contributed by atoms with Crippen molar-refractivity contribution in [3.8, 4) is 0 Å². The van der Waals surface area contributed by atoms with Crippen molar-refractivity contribution in [1.82, 2.24) is 9.97 Å². The molecule has 0 fully saturated rings. The van der Waals surface area contributed by atoms with Gasteiger partial charge in [-0.3, -0.25) is 0 Å². The summed E-state index contributed by atoms with van der Waals surface area (Å²) < 4.78 is 0. The van der Waals surface area contributed by atoms with Gasteiger partial charge in [-0.1, -0.05) is 32.0 Å². The lowest BCUT2D eigenvalue weighted by Crippen LogP contribution is -2.08. The lowest BCUT2D eigenvalue weighted by atomic mass is 10.0. The van der Waals surface area contributed by atoms with Crippen LogP contribution in [0.5, 0.6) is 0 Å². The minimum atomic E-state index is 0.438.